The Bertz CT molecular complexity index is 569. The third kappa shape index (κ3) is 2.26. The van der Waals surface area contributed by atoms with Gasteiger partial charge in [-0.25, -0.2) is 0 Å². The van der Waals surface area contributed by atoms with Crippen LogP contribution >= 0.6 is 15.9 Å². The first kappa shape index (κ1) is 11.5. The average molecular weight is 300 g/mol. The molecule has 8 heteroatoms. The fourth-order valence-corrected chi connectivity index (χ4v) is 1.52. The smallest absolute Gasteiger partial charge is 0.310 e. The Balaban J connectivity index is 2.48. The summed E-state index contributed by atoms with van der Waals surface area (Å²) in [5.41, 5.74) is 0.431. The molecule has 2 rings (SSSR count). The first-order valence-electron chi connectivity index (χ1n) is 4.43. The summed E-state index contributed by atoms with van der Waals surface area (Å²) >= 11 is 3.02. The summed E-state index contributed by atoms with van der Waals surface area (Å²) in [5.74, 6) is 0.395. The molecule has 0 fully saturated rings. The molecule has 1 aromatic carbocycles. The Morgan fingerprint density at radius 2 is 2.24 bits per heavy atom. The van der Waals surface area contributed by atoms with E-state index in [0.717, 1.165) is 0 Å². The minimum absolute atomic E-state index is 0.116. The standard InChI is InChI=1S/C9H6BrN3O4/c1-16-7-4-5(2-3-6(7)13(14)15)8-11-12-9(10)17-8/h2-4H,1H3. The third-order valence-corrected chi connectivity index (χ3v) is 2.34. The summed E-state index contributed by atoms with van der Waals surface area (Å²) < 4.78 is 10.1. The van der Waals surface area contributed by atoms with Crippen LogP contribution in [0.25, 0.3) is 11.5 Å². The lowest BCUT2D eigenvalue weighted by molar-refractivity contribution is -0.385. The van der Waals surface area contributed by atoms with E-state index in [9.17, 15) is 10.1 Å². The minimum Gasteiger partial charge on any atom is -0.490 e. The van der Waals surface area contributed by atoms with Crippen LogP contribution in [0.15, 0.2) is 27.4 Å². The van der Waals surface area contributed by atoms with Crippen LogP contribution in [0.3, 0.4) is 0 Å². The summed E-state index contributed by atoms with van der Waals surface area (Å²) in [7, 11) is 1.36. The van der Waals surface area contributed by atoms with Gasteiger partial charge in [0, 0.05) is 33.6 Å². The maximum absolute atomic E-state index is 10.7. The predicted octanol–water partition coefficient (Wildman–Crippen LogP) is 2.42. The van der Waals surface area contributed by atoms with Gasteiger partial charge in [0.1, 0.15) is 0 Å². The number of nitrogens with zero attached hydrogens (tertiary/aromatic N) is 3. The van der Waals surface area contributed by atoms with E-state index in [2.05, 4.69) is 26.1 Å². The van der Waals surface area contributed by atoms with Crippen molar-refractivity contribution < 1.29 is 14.1 Å². The van der Waals surface area contributed by atoms with Crippen molar-refractivity contribution in [2.24, 2.45) is 0 Å². The van der Waals surface area contributed by atoms with E-state index in [1.54, 1.807) is 0 Å². The van der Waals surface area contributed by atoms with Crippen molar-refractivity contribution in [3.05, 3.63) is 33.1 Å². The van der Waals surface area contributed by atoms with Crippen LogP contribution < -0.4 is 4.74 Å². The second-order valence-corrected chi connectivity index (χ2v) is 3.68. The zero-order chi connectivity index (χ0) is 12.4. The van der Waals surface area contributed by atoms with Crippen LogP contribution in [-0.4, -0.2) is 22.2 Å². The quantitative estimate of drug-likeness (QED) is 0.638. The molecule has 17 heavy (non-hydrogen) atoms. The van der Waals surface area contributed by atoms with E-state index < -0.39 is 4.92 Å². The van der Waals surface area contributed by atoms with Crippen molar-refractivity contribution in [3.8, 4) is 17.2 Å². The van der Waals surface area contributed by atoms with E-state index in [4.69, 9.17) is 9.15 Å². The highest BCUT2D eigenvalue weighted by molar-refractivity contribution is 9.10. The van der Waals surface area contributed by atoms with Crippen LogP contribution in [0.4, 0.5) is 5.69 Å². The van der Waals surface area contributed by atoms with Crippen molar-refractivity contribution in [1.29, 1.82) is 0 Å². The number of halogens is 1. The van der Waals surface area contributed by atoms with Gasteiger partial charge in [0.25, 0.3) is 4.80 Å². The number of hydrogen-bond acceptors (Lipinski definition) is 6. The van der Waals surface area contributed by atoms with Gasteiger partial charge < -0.3 is 9.15 Å². The molecule has 7 nitrogen and oxygen atoms in total. The molecule has 0 saturated carbocycles. The van der Waals surface area contributed by atoms with Gasteiger partial charge in [-0.1, -0.05) is 0 Å². The zero-order valence-electron chi connectivity index (χ0n) is 8.58. The van der Waals surface area contributed by atoms with Crippen LogP contribution in [0.5, 0.6) is 5.75 Å². The number of nitro groups is 1. The van der Waals surface area contributed by atoms with Crippen molar-refractivity contribution in [1.82, 2.24) is 10.2 Å². The van der Waals surface area contributed by atoms with Crippen molar-refractivity contribution in [2.75, 3.05) is 7.11 Å². The van der Waals surface area contributed by atoms with E-state index in [1.165, 1.54) is 25.3 Å². The number of nitro benzene ring substituents is 1. The maximum atomic E-state index is 10.7. The average Bonchev–Trinajstić information content (AvgIpc) is 2.75. The summed E-state index contributed by atoms with van der Waals surface area (Å²) in [5, 5.41) is 18.1. The van der Waals surface area contributed by atoms with E-state index in [-0.39, 0.29) is 22.1 Å². The summed E-state index contributed by atoms with van der Waals surface area (Å²) in [6.45, 7) is 0. The Morgan fingerprint density at radius 3 is 2.76 bits per heavy atom. The van der Waals surface area contributed by atoms with Crippen LogP contribution in [0, 0.1) is 10.1 Å². The molecule has 0 unspecified atom stereocenters. The number of aromatic nitrogens is 2. The molecule has 0 N–H and O–H groups in total. The van der Waals surface area contributed by atoms with Gasteiger partial charge in [-0.15, -0.1) is 10.2 Å². The van der Waals surface area contributed by atoms with E-state index >= 15 is 0 Å². The highest BCUT2D eigenvalue weighted by Crippen LogP contribution is 2.31. The van der Waals surface area contributed by atoms with Crippen LogP contribution in [-0.2, 0) is 0 Å². The summed E-state index contributed by atoms with van der Waals surface area (Å²) in [6.07, 6.45) is 0. The van der Waals surface area contributed by atoms with Gasteiger partial charge in [0.2, 0.25) is 5.89 Å². The lowest BCUT2D eigenvalue weighted by atomic mass is 10.2. The number of ether oxygens (including phenoxy) is 1. The highest BCUT2D eigenvalue weighted by Gasteiger charge is 2.17. The molecule has 0 atom stereocenters. The largest absolute Gasteiger partial charge is 0.490 e. The number of methoxy groups -OCH3 is 1. The fraction of sp³-hybridized carbons (Fsp3) is 0.111. The summed E-state index contributed by atoms with van der Waals surface area (Å²) in [6, 6.07) is 4.31. The lowest BCUT2D eigenvalue weighted by Crippen LogP contribution is -1.94. The monoisotopic (exact) mass is 299 g/mol. The SMILES string of the molecule is COc1cc(-c2nnc(Br)o2)ccc1[N+](=O)[O-]. The molecule has 0 radical (unpaired) electrons. The molecule has 1 aromatic heterocycles. The highest BCUT2D eigenvalue weighted by atomic mass is 79.9. The Kier molecular flexibility index (Phi) is 3.05. The molecule has 0 aliphatic rings. The second-order valence-electron chi connectivity index (χ2n) is 3.00. The van der Waals surface area contributed by atoms with Gasteiger partial charge in [0.15, 0.2) is 5.75 Å². The number of rotatable bonds is 3. The number of benzene rings is 1. The van der Waals surface area contributed by atoms with Crippen LogP contribution in [0.2, 0.25) is 0 Å². The first-order valence-corrected chi connectivity index (χ1v) is 5.23. The van der Waals surface area contributed by atoms with E-state index in [1.807, 2.05) is 0 Å². The molecule has 0 aliphatic heterocycles. The predicted molar refractivity (Wildman–Crippen MR) is 60.6 cm³/mol. The normalized spacial score (nSPS) is 10.2. The topological polar surface area (TPSA) is 91.3 Å². The lowest BCUT2D eigenvalue weighted by Gasteiger charge is -2.02. The molecule has 88 valence electrons. The van der Waals surface area contributed by atoms with Gasteiger partial charge in [-0.2, -0.15) is 0 Å². The van der Waals surface area contributed by atoms with Crippen molar-refractivity contribution >= 4 is 21.6 Å². The van der Waals surface area contributed by atoms with Gasteiger partial charge in [-0.3, -0.25) is 10.1 Å². The molecule has 0 spiro atoms. The molecule has 0 aliphatic carbocycles. The van der Waals surface area contributed by atoms with Gasteiger partial charge in [-0.05, 0) is 6.07 Å². The number of hydrogen-bond donors (Lipinski definition) is 0. The minimum atomic E-state index is -0.521. The second kappa shape index (κ2) is 4.50. The van der Waals surface area contributed by atoms with E-state index in [0.29, 0.717) is 5.56 Å². The van der Waals surface area contributed by atoms with Gasteiger partial charge >= 0.3 is 5.69 Å². The first-order chi connectivity index (χ1) is 8.11. The van der Waals surface area contributed by atoms with Crippen molar-refractivity contribution in [2.45, 2.75) is 0 Å². The molecule has 0 saturated heterocycles. The van der Waals surface area contributed by atoms with Gasteiger partial charge in [0.05, 0.1) is 12.0 Å². The molecule has 1 heterocycles. The summed E-state index contributed by atoms with van der Waals surface area (Å²) in [4.78, 5) is 10.4. The van der Waals surface area contributed by atoms with Crippen LogP contribution in [0.1, 0.15) is 0 Å². The van der Waals surface area contributed by atoms with Crippen molar-refractivity contribution in [3.63, 3.8) is 0 Å². The zero-order valence-corrected chi connectivity index (χ0v) is 10.2. The maximum Gasteiger partial charge on any atom is 0.310 e. The molecular weight excluding hydrogens is 294 g/mol. The third-order valence-electron chi connectivity index (χ3n) is 2.02. The fourth-order valence-electron chi connectivity index (χ4n) is 1.28. The Labute approximate surface area is 104 Å². The molecule has 0 bridgehead atoms. The molecule has 0 amide bonds. The Morgan fingerprint density at radius 1 is 1.47 bits per heavy atom. The Hall–Kier alpha value is -1.96. The molecule has 2 aromatic rings. The molecular formula is C9H6BrN3O4.